The summed E-state index contributed by atoms with van der Waals surface area (Å²) >= 11 is 3.44. The number of anilines is 1. The Morgan fingerprint density at radius 1 is 1.19 bits per heavy atom. The molecule has 0 atom stereocenters. The normalized spacial score (nSPS) is 13.9. The van der Waals surface area contributed by atoms with Gasteiger partial charge < -0.3 is 10.0 Å². The van der Waals surface area contributed by atoms with Crippen molar-refractivity contribution >= 4 is 27.6 Å². The van der Waals surface area contributed by atoms with Gasteiger partial charge in [0.1, 0.15) is 0 Å². The van der Waals surface area contributed by atoms with E-state index in [1.54, 1.807) is 6.07 Å². The Kier molecular flexibility index (Phi) is 3.97. The van der Waals surface area contributed by atoms with Gasteiger partial charge in [-0.25, -0.2) is 4.79 Å². The number of carboxylic acids is 1. The lowest BCUT2D eigenvalue weighted by atomic mass is 9.96. The van der Waals surface area contributed by atoms with Gasteiger partial charge in [0.2, 0.25) is 0 Å². The van der Waals surface area contributed by atoms with Crippen LogP contribution in [0.2, 0.25) is 0 Å². The van der Waals surface area contributed by atoms with Gasteiger partial charge >= 0.3 is 5.97 Å². The number of hydrogen-bond donors (Lipinski definition) is 1. The number of benzene rings is 2. The molecule has 108 valence electrons. The molecule has 21 heavy (non-hydrogen) atoms. The van der Waals surface area contributed by atoms with Crippen molar-refractivity contribution in [3.63, 3.8) is 0 Å². The van der Waals surface area contributed by atoms with E-state index in [9.17, 15) is 9.90 Å². The van der Waals surface area contributed by atoms with Crippen LogP contribution >= 0.6 is 15.9 Å². The van der Waals surface area contributed by atoms with Crippen LogP contribution in [0.4, 0.5) is 5.69 Å². The Morgan fingerprint density at radius 3 is 2.67 bits per heavy atom. The van der Waals surface area contributed by atoms with Crippen LogP contribution in [0.15, 0.2) is 46.9 Å². The molecular weight excluding hydrogens is 330 g/mol. The first-order valence-electron chi connectivity index (χ1n) is 7.00. The average molecular weight is 346 g/mol. The molecule has 2 aromatic rings. The summed E-state index contributed by atoms with van der Waals surface area (Å²) in [6.45, 7) is 1.77. The lowest BCUT2D eigenvalue weighted by Gasteiger charge is -2.32. The lowest BCUT2D eigenvalue weighted by molar-refractivity contribution is 0.0695. The molecule has 3 nitrogen and oxygen atoms in total. The topological polar surface area (TPSA) is 40.5 Å². The number of carboxylic acid groups (broad SMARTS) is 1. The predicted octanol–water partition coefficient (Wildman–Crippen LogP) is 4.10. The van der Waals surface area contributed by atoms with Crippen molar-refractivity contribution in [1.82, 2.24) is 0 Å². The van der Waals surface area contributed by atoms with Crippen LogP contribution in [-0.4, -0.2) is 17.6 Å². The minimum atomic E-state index is -0.836. The zero-order valence-electron chi connectivity index (χ0n) is 11.6. The van der Waals surface area contributed by atoms with E-state index < -0.39 is 5.97 Å². The third-order valence-electron chi connectivity index (χ3n) is 3.86. The second-order valence-corrected chi connectivity index (χ2v) is 6.18. The Labute approximate surface area is 132 Å². The van der Waals surface area contributed by atoms with Gasteiger partial charge in [-0.15, -0.1) is 0 Å². The summed E-state index contributed by atoms with van der Waals surface area (Å²) in [5, 5.41) is 9.32. The van der Waals surface area contributed by atoms with Gasteiger partial charge in [-0.3, -0.25) is 0 Å². The largest absolute Gasteiger partial charge is 0.478 e. The van der Waals surface area contributed by atoms with Gasteiger partial charge in [-0.2, -0.15) is 0 Å². The highest BCUT2D eigenvalue weighted by atomic mass is 79.9. The predicted molar refractivity (Wildman–Crippen MR) is 86.9 cm³/mol. The number of carbonyl (C=O) groups is 1. The fourth-order valence-corrected chi connectivity index (χ4v) is 3.14. The first kappa shape index (κ1) is 14.1. The van der Waals surface area contributed by atoms with Crippen LogP contribution in [0.1, 0.15) is 27.9 Å². The van der Waals surface area contributed by atoms with Crippen molar-refractivity contribution in [2.45, 2.75) is 19.4 Å². The molecule has 0 spiro atoms. The highest BCUT2D eigenvalue weighted by Crippen LogP contribution is 2.31. The molecule has 0 fully saturated rings. The van der Waals surface area contributed by atoms with E-state index in [0.717, 1.165) is 41.7 Å². The quantitative estimate of drug-likeness (QED) is 0.910. The molecule has 0 aromatic heterocycles. The number of rotatable bonds is 3. The Balaban J connectivity index is 1.92. The van der Waals surface area contributed by atoms with Crippen LogP contribution in [-0.2, 0) is 13.0 Å². The minimum Gasteiger partial charge on any atom is -0.478 e. The van der Waals surface area contributed by atoms with E-state index in [1.165, 1.54) is 5.56 Å². The molecule has 1 heterocycles. The van der Waals surface area contributed by atoms with Crippen LogP contribution < -0.4 is 4.90 Å². The van der Waals surface area contributed by atoms with Crippen LogP contribution in [0.3, 0.4) is 0 Å². The Morgan fingerprint density at radius 2 is 1.95 bits per heavy atom. The van der Waals surface area contributed by atoms with Gasteiger partial charge in [0, 0.05) is 23.2 Å². The van der Waals surface area contributed by atoms with E-state index >= 15 is 0 Å². The van der Waals surface area contributed by atoms with E-state index in [2.05, 4.69) is 33.0 Å². The average Bonchev–Trinajstić information content (AvgIpc) is 2.49. The van der Waals surface area contributed by atoms with Gasteiger partial charge in [-0.1, -0.05) is 34.1 Å². The fourth-order valence-electron chi connectivity index (χ4n) is 2.88. The second kappa shape index (κ2) is 5.90. The van der Waals surface area contributed by atoms with E-state index in [-0.39, 0.29) is 0 Å². The van der Waals surface area contributed by atoms with Crippen molar-refractivity contribution in [2.75, 3.05) is 11.4 Å². The number of hydrogen-bond acceptors (Lipinski definition) is 2. The molecular formula is C17H16BrNO2. The van der Waals surface area contributed by atoms with Crippen LogP contribution in [0, 0.1) is 0 Å². The lowest BCUT2D eigenvalue weighted by Crippen LogP contribution is -2.29. The first-order chi connectivity index (χ1) is 10.1. The Bertz CT molecular complexity index is 667. The van der Waals surface area contributed by atoms with Crippen molar-refractivity contribution in [3.8, 4) is 0 Å². The maximum Gasteiger partial charge on any atom is 0.336 e. The summed E-state index contributed by atoms with van der Waals surface area (Å²) in [5.41, 5.74) is 3.69. The summed E-state index contributed by atoms with van der Waals surface area (Å²) in [4.78, 5) is 13.6. The molecule has 3 rings (SSSR count). The molecule has 0 unspecified atom stereocenters. The molecule has 0 saturated carbocycles. The summed E-state index contributed by atoms with van der Waals surface area (Å²) in [7, 11) is 0. The fraction of sp³-hybridized carbons (Fsp3) is 0.235. The van der Waals surface area contributed by atoms with Crippen LogP contribution in [0.25, 0.3) is 0 Å². The van der Waals surface area contributed by atoms with Crippen molar-refractivity contribution < 1.29 is 9.90 Å². The molecule has 0 saturated heterocycles. The zero-order valence-corrected chi connectivity index (χ0v) is 13.1. The summed E-state index contributed by atoms with van der Waals surface area (Å²) in [6.07, 6.45) is 1.84. The first-order valence-corrected chi connectivity index (χ1v) is 7.79. The molecule has 4 heteroatoms. The molecule has 1 N–H and O–H groups in total. The highest BCUT2D eigenvalue weighted by molar-refractivity contribution is 9.10. The molecule has 2 aromatic carbocycles. The molecule has 1 aliphatic heterocycles. The molecule has 1 aliphatic rings. The maximum atomic E-state index is 11.4. The number of aromatic carboxylic acids is 1. The second-order valence-electron chi connectivity index (χ2n) is 5.26. The van der Waals surface area contributed by atoms with E-state index in [1.807, 2.05) is 24.3 Å². The van der Waals surface area contributed by atoms with Gasteiger partial charge in [0.25, 0.3) is 0 Å². The monoisotopic (exact) mass is 345 g/mol. The summed E-state index contributed by atoms with van der Waals surface area (Å²) < 4.78 is 1.07. The van der Waals surface area contributed by atoms with Gasteiger partial charge in [-0.05, 0) is 48.2 Å². The molecule has 0 amide bonds. The van der Waals surface area contributed by atoms with Gasteiger partial charge in [0.05, 0.1) is 5.56 Å². The zero-order chi connectivity index (χ0) is 14.8. The molecule has 0 radical (unpaired) electrons. The van der Waals surface area contributed by atoms with E-state index in [0.29, 0.717) is 5.56 Å². The van der Waals surface area contributed by atoms with Crippen molar-refractivity contribution in [3.05, 3.63) is 63.6 Å². The number of nitrogens with zero attached hydrogens (tertiary/aromatic N) is 1. The highest BCUT2D eigenvalue weighted by Gasteiger charge is 2.21. The number of fused-ring (bicyclic) bond motifs is 1. The van der Waals surface area contributed by atoms with Crippen molar-refractivity contribution in [2.24, 2.45) is 0 Å². The number of halogens is 1. The molecule has 0 bridgehead atoms. The van der Waals surface area contributed by atoms with Gasteiger partial charge in [0.15, 0.2) is 0 Å². The molecule has 0 aliphatic carbocycles. The SMILES string of the molecule is O=C(O)c1cccc2c1CCCN2Cc1ccc(Br)cc1. The summed E-state index contributed by atoms with van der Waals surface area (Å²) in [6, 6.07) is 13.8. The summed E-state index contributed by atoms with van der Waals surface area (Å²) in [5.74, 6) is -0.836. The van der Waals surface area contributed by atoms with Crippen LogP contribution in [0.5, 0.6) is 0 Å². The smallest absolute Gasteiger partial charge is 0.336 e. The maximum absolute atomic E-state index is 11.4. The minimum absolute atomic E-state index is 0.438. The Hall–Kier alpha value is -1.81. The standard InChI is InChI=1S/C17H16BrNO2/c18-13-8-6-12(7-9-13)11-19-10-2-4-14-15(17(20)21)3-1-5-16(14)19/h1,3,5-9H,2,4,10-11H2,(H,20,21). The third-order valence-corrected chi connectivity index (χ3v) is 4.39. The third kappa shape index (κ3) is 2.95. The van der Waals surface area contributed by atoms with E-state index in [4.69, 9.17) is 0 Å². The van der Waals surface area contributed by atoms with Crippen molar-refractivity contribution in [1.29, 1.82) is 0 Å².